The van der Waals surface area contributed by atoms with Gasteiger partial charge in [-0.05, 0) is 50.1 Å². The van der Waals surface area contributed by atoms with E-state index in [1.165, 1.54) is 10.4 Å². The van der Waals surface area contributed by atoms with Gasteiger partial charge in [0.2, 0.25) is 0 Å². The molecule has 0 aliphatic rings. The number of rotatable bonds is 3. The predicted octanol–water partition coefficient (Wildman–Crippen LogP) is 3.02. The fraction of sp³-hybridized carbons (Fsp3) is 0.250. The molecule has 0 fully saturated rings. The molecule has 0 bridgehead atoms. The molecular weight excluding hydrogens is 284 g/mol. The van der Waals surface area contributed by atoms with Crippen LogP contribution in [-0.4, -0.2) is 15.5 Å². The quantitative estimate of drug-likeness (QED) is 0.887. The molecule has 0 amide bonds. The highest BCUT2D eigenvalue weighted by Gasteiger charge is 2.22. The molecule has 4 nitrogen and oxygen atoms in total. The average Bonchev–Trinajstić information content (AvgIpc) is 2.41. The maximum atomic E-state index is 12.7. The standard InChI is InChI=1S/C16H20N2O2S/c1-11-5-8-16(13(3)9-11)18(4)21(19,20)14-7-6-12(2)15(17)10-14/h5-10H,17H2,1-4H3. The second kappa shape index (κ2) is 5.41. The van der Waals surface area contributed by atoms with E-state index in [4.69, 9.17) is 5.73 Å². The highest BCUT2D eigenvalue weighted by atomic mass is 32.2. The Kier molecular flexibility index (Phi) is 3.96. The van der Waals surface area contributed by atoms with Crippen LogP contribution in [0.2, 0.25) is 0 Å². The number of benzene rings is 2. The van der Waals surface area contributed by atoms with E-state index in [-0.39, 0.29) is 4.90 Å². The Morgan fingerprint density at radius 2 is 1.62 bits per heavy atom. The van der Waals surface area contributed by atoms with E-state index in [0.29, 0.717) is 11.4 Å². The number of hydrogen-bond acceptors (Lipinski definition) is 3. The summed E-state index contributed by atoms with van der Waals surface area (Å²) in [6, 6.07) is 10.5. The molecule has 0 aliphatic carbocycles. The topological polar surface area (TPSA) is 63.4 Å². The molecule has 0 aliphatic heterocycles. The van der Waals surface area contributed by atoms with Crippen LogP contribution in [0.3, 0.4) is 0 Å². The van der Waals surface area contributed by atoms with Crippen LogP contribution in [0.4, 0.5) is 11.4 Å². The van der Waals surface area contributed by atoms with Gasteiger partial charge in [0, 0.05) is 12.7 Å². The van der Waals surface area contributed by atoms with Crippen molar-refractivity contribution in [3.05, 3.63) is 53.1 Å². The van der Waals surface area contributed by atoms with Crippen molar-refractivity contribution >= 4 is 21.4 Å². The van der Waals surface area contributed by atoms with Gasteiger partial charge in [-0.2, -0.15) is 0 Å². The monoisotopic (exact) mass is 304 g/mol. The third-order valence-electron chi connectivity index (χ3n) is 3.60. The minimum atomic E-state index is -3.61. The molecule has 5 heteroatoms. The third kappa shape index (κ3) is 2.88. The first-order valence-corrected chi connectivity index (χ1v) is 8.10. The molecule has 2 aromatic rings. The fourth-order valence-corrected chi connectivity index (χ4v) is 3.52. The lowest BCUT2D eigenvalue weighted by molar-refractivity contribution is 0.594. The van der Waals surface area contributed by atoms with Crippen molar-refractivity contribution in [1.82, 2.24) is 0 Å². The zero-order valence-corrected chi connectivity index (χ0v) is 13.5. The lowest BCUT2D eigenvalue weighted by atomic mass is 10.1. The first-order valence-electron chi connectivity index (χ1n) is 6.66. The Hall–Kier alpha value is -2.01. The summed E-state index contributed by atoms with van der Waals surface area (Å²) >= 11 is 0. The van der Waals surface area contributed by atoms with Crippen LogP contribution in [0.25, 0.3) is 0 Å². The second-order valence-electron chi connectivity index (χ2n) is 5.28. The highest BCUT2D eigenvalue weighted by Crippen LogP contribution is 2.27. The molecule has 2 aromatic carbocycles. The van der Waals surface area contributed by atoms with E-state index in [9.17, 15) is 8.42 Å². The van der Waals surface area contributed by atoms with E-state index in [0.717, 1.165) is 16.7 Å². The largest absolute Gasteiger partial charge is 0.398 e. The zero-order chi connectivity index (χ0) is 15.8. The summed E-state index contributed by atoms with van der Waals surface area (Å²) in [6.45, 7) is 5.73. The summed E-state index contributed by atoms with van der Waals surface area (Å²) in [6.07, 6.45) is 0. The van der Waals surface area contributed by atoms with Gasteiger partial charge >= 0.3 is 0 Å². The van der Waals surface area contributed by atoms with E-state index < -0.39 is 10.0 Å². The van der Waals surface area contributed by atoms with Crippen molar-refractivity contribution < 1.29 is 8.42 Å². The Bertz CT molecular complexity index is 783. The summed E-state index contributed by atoms with van der Waals surface area (Å²) in [5.41, 5.74) is 9.85. The van der Waals surface area contributed by atoms with Gasteiger partial charge in [0.1, 0.15) is 0 Å². The predicted molar refractivity (Wildman–Crippen MR) is 87.1 cm³/mol. The SMILES string of the molecule is Cc1ccc(N(C)S(=O)(=O)c2ccc(C)c(N)c2)c(C)c1. The first-order chi connectivity index (χ1) is 9.73. The van der Waals surface area contributed by atoms with Gasteiger partial charge in [-0.3, -0.25) is 4.31 Å². The number of sulfonamides is 1. The summed E-state index contributed by atoms with van der Waals surface area (Å²) < 4.78 is 26.7. The molecule has 2 N–H and O–H groups in total. The normalized spacial score (nSPS) is 11.4. The summed E-state index contributed by atoms with van der Waals surface area (Å²) in [5.74, 6) is 0. The molecule has 0 radical (unpaired) electrons. The average molecular weight is 304 g/mol. The first kappa shape index (κ1) is 15.4. The molecule has 112 valence electrons. The molecule has 0 atom stereocenters. The maximum absolute atomic E-state index is 12.7. The number of hydrogen-bond donors (Lipinski definition) is 1. The van der Waals surface area contributed by atoms with Gasteiger partial charge < -0.3 is 5.73 Å². The van der Waals surface area contributed by atoms with Crippen molar-refractivity contribution in [3.8, 4) is 0 Å². The van der Waals surface area contributed by atoms with Gasteiger partial charge in [0.05, 0.1) is 10.6 Å². The van der Waals surface area contributed by atoms with Crippen LogP contribution in [-0.2, 0) is 10.0 Å². The molecule has 2 rings (SSSR count). The van der Waals surface area contributed by atoms with Gasteiger partial charge in [-0.15, -0.1) is 0 Å². The third-order valence-corrected chi connectivity index (χ3v) is 5.37. The summed E-state index contributed by atoms with van der Waals surface area (Å²) in [7, 11) is -2.05. The molecule has 0 aromatic heterocycles. The molecule has 21 heavy (non-hydrogen) atoms. The van der Waals surface area contributed by atoms with Crippen molar-refractivity contribution in [2.45, 2.75) is 25.7 Å². The van der Waals surface area contributed by atoms with Crippen molar-refractivity contribution in [2.75, 3.05) is 17.1 Å². The molecular formula is C16H20N2O2S. The van der Waals surface area contributed by atoms with Gasteiger partial charge in [-0.25, -0.2) is 8.42 Å². The van der Waals surface area contributed by atoms with E-state index in [1.807, 2.05) is 39.0 Å². The van der Waals surface area contributed by atoms with Gasteiger partial charge in [-0.1, -0.05) is 23.8 Å². The number of nitrogens with zero attached hydrogens (tertiary/aromatic N) is 1. The molecule has 0 saturated carbocycles. The Labute approximate surface area is 126 Å². The molecule has 0 unspecified atom stereocenters. The van der Waals surface area contributed by atoms with E-state index >= 15 is 0 Å². The number of anilines is 2. The van der Waals surface area contributed by atoms with E-state index in [2.05, 4.69) is 0 Å². The van der Waals surface area contributed by atoms with Crippen molar-refractivity contribution in [3.63, 3.8) is 0 Å². The Morgan fingerprint density at radius 3 is 2.19 bits per heavy atom. The van der Waals surface area contributed by atoms with Crippen molar-refractivity contribution in [1.29, 1.82) is 0 Å². The maximum Gasteiger partial charge on any atom is 0.264 e. The van der Waals surface area contributed by atoms with Crippen LogP contribution in [0.5, 0.6) is 0 Å². The van der Waals surface area contributed by atoms with Crippen LogP contribution in [0, 0.1) is 20.8 Å². The summed E-state index contributed by atoms with van der Waals surface area (Å²) in [4.78, 5) is 0.202. The lowest BCUT2D eigenvalue weighted by Gasteiger charge is -2.22. The van der Waals surface area contributed by atoms with Gasteiger partial charge in [0.15, 0.2) is 0 Å². The zero-order valence-electron chi connectivity index (χ0n) is 12.7. The molecule has 0 heterocycles. The Balaban J connectivity index is 2.49. The van der Waals surface area contributed by atoms with Crippen LogP contribution >= 0.6 is 0 Å². The molecule has 0 saturated heterocycles. The minimum absolute atomic E-state index is 0.202. The number of aryl methyl sites for hydroxylation is 3. The smallest absolute Gasteiger partial charge is 0.264 e. The second-order valence-corrected chi connectivity index (χ2v) is 7.25. The number of nitrogen functional groups attached to an aromatic ring is 1. The van der Waals surface area contributed by atoms with Crippen LogP contribution < -0.4 is 10.0 Å². The van der Waals surface area contributed by atoms with Crippen LogP contribution in [0.15, 0.2) is 41.3 Å². The van der Waals surface area contributed by atoms with Crippen molar-refractivity contribution in [2.24, 2.45) is 0 Å². The van der Waals surface area contributed by atoms with E-state index in [1.54, 1.807) is 19.2 Å². The minimum Gasteiger partial charge on any atom is -0.398 e. The number of nitrogens with two attached hydrogens (primary N) is 1. The Morgan fingerprint density at radius 1 is 0.952 bits per heavy atom. The lowest BCUT2D eigenvalue weighted by Crippen LogP contribution is -2.27. The van der Waals surface area contributed by atoms with Gasteiger partial charge in [0.25, 0.3) is 10.0 Å². The summed E-state index contributed by atoms with van der Waals surface area (Å²) in [5, 5.41) is 0. The fourth-order valence-electron chi connectivity index (χ4n) is 2.23. The van der Waals surface area contributed by atoms with Crippen LogP contribution in [0.1, 0.15) is 16.7 Å². The molecule has 0 spiro atoms. The highest BCUT2D eigenvalue weighted by molar-refractivity contribution is 7.92.